The summed E-state index contributed by atoms with van der Waals surface area (Å²) in [4.78, 5) is 4.28. The maximum Gasteiger partial charge on any atom is 0.156 e. The van der Waals surface area contributed by atoms with E-state index in [2.05, 4.69) is 4.98 Å². The quantitative estimate of drug-likeness (QED) is 0.865. The van der Waals surface area contributed by atoms with Crippen LogP contribution in [0.3, 0.4) is 0 Å². The van der Waals surface area contributed by atoms with Gasteiger partial charge < -0.3 is 10.5 Å². The zero-order chi connectivity index (χ0) is 12.3. The van der Waals surface area contributed by atoms with E-state index < -0.39 is 0 Å². The van der Waals surface area contributed by atoms with Crippen molar-refractivity contribution in [1.82, 2.24) is 4.98 Å². The number of thiocarbonyl (C=S) groups is 1. The number of hydrogen-bond acceptors (Lipinski definition) is 3. The Balaban J connectivity index is 2.30. The van der Waals surface area contributed by atoms with Gasteiger partial charge in [-0.3, -0.25) is 0 Å². The molecule has 2 rings (SSSR count). The minimum absolute atomic E-state index is 0.203. The molecule has 17 heavy (non-hydrogen) atoms. The van der Waals surface area contributed by atoms with Crippen LogP contribution >= 0.6 is 23.8 Å². The number of halogens is 1. The molecule has 2 aromatic rings. The van der Waals surface area contributed by atoms with Crippen molar-refractivity contribution in [3.8, 4) is 11.5 Å². The molecule has 1 aromatic carbocycles. The Labute approximate surface area is 109 Å². The fourth-order valence-electron chi connectivity index (χ4n) is 1.29. The minimum atomic E-state index is 0.203. The number of nitrogens with two attached hydrogens (primary N) is 1. The second kappa shape index (κ2) is 5.12. The SMILES string of the molecule is NC(=S)c1ncccc1Oc1ccc(Cl)cc1. The van der Waals surface area contributed by atoms with Gasteiger partial charge in [0.1, 0.15) is 16.4 Å². The lowest BCUT2D eigenvalue weighted by Crippen LogP contribution is -2.12. The number of aromatic nitrogens is 1. The number of hydrogen-bond donors (Lipinski definition) is 1. The first kappa shape index (κ1) is 11.8. The van der Waals surface area contributed by atoms with Gasteiger partial charge in [0.2, 0.25) is 0 Å². The lowest BCUT2D eigenvalue weighted by molar-refractivity contribution is 0.479. The van der Waals surface area contributed by atoms with Crippen molar-refractivity contribution in [3.63, 3.8) is 0 Å². The van der Waals surface area contributed by atoms with E-state index in [-0.39, 0.29) is 4.99 Å². The minimum Gasteiger partial charge on any atom is -0.455 e. The molecule has 1 heterocycles. The third kappa shape index (κ3) is 2.93. The molecule has 1 aromatic heterocycles. The first-order valence-electron chi connectivity index (χ1n) is 4.85. The summed E-state index contributed by atoms with van der Waals surface area (Å²) >= 11 is 10.7. The van der Waals surface area contributed by atoms with Gasteiger partial charge in [-0.2, -0.15) is 0 Å². The van der Waals surface area contributed by atoms with Crippen LogP contribution in [0, 0.1) is 0 Å². The molecule has 0 saturated carbocycles. The largest absolute Gasteiger partial charge is 0.455 e. The number of pyridine rings is 1. The van der Waals surface area contributed by atoms with Crippen molar-refractivity contribution in [2.24, 2.45) is 5.73 Å². The molecular weight excluding hydrogens is 256 g/mol. The predicted molar refractivity (Wildman–Crippen MR) is 71.7 cm³/mol. The van der Waals surface area contributed by atoms with E-state index >= 15 is 0 Å². The molecule has 0 fully saturated rings. The van der Waals surface area contributed by atoms with Crippen molar-refractivity contribution in [2.75, 3.05) is 0 Å². The average Bonchev–Trinajstić information content (AvgIpc) is 2.32. The van der Waals surface area contributed by atoms with Crippen LogP contribution in [0.2, 0.25) is 5.02 Å². The van der Waals surface area contributed by atoms with Crippen LogP contribution in [0.15, 0.2) is 42.6 Å². The molecule has 3 nitrogen and oxygen atoms in total. The van der Waals surface area contributed by atoms with E-state index in [1.165, 1.54) is 0 Å². The smallest absolute Gasteiger partial charge is 0.156 e. The zero-order valence-electron chi connectivity index (χ0n) is 8.76. The number of ether oxygens (including phenoxy) is 1. The molecule has 2 N–H and O–H groups in total. The maximum atomic E-state index is 5.79. The molecule has 0 bridgehead atoms. The van der Waals surface area contributed by atoms with Crippen molar-refractivity contribution in [2.45, 2.75) is 0 Å². The summed E-state index contributed by atoms with van der Waals surface area (Å²) < 4.78 is 5.64. The van der Waals surface area contributed by atoms with Crippen LogP contribution in [0.25, 0.3) is 0 Å². The first-order chi connectivity index (χ1) is 8.16. The number of rotatable bonds is 3. The highest BCUT2D eigenvalue weighted by molar-refractivity contribution is 7.80. The van der Waals surface area contributed by atoms with Gasteiger partial charge in [0.15, 0.2) is 5.75 Å². The molecule has 5 heteroatoms. The van der Waals surface area contributed by atoms with Gasteiger partial charge in [0.05, 0.1) is 0 Å². The van der Waals surface area contributed by atoms with Crippen LogP contribution in [0.4, 0.5) is 0 Å². The van der Waals surface area contributed by atoms with Gasteiger partial charge in [0.25, 0.3) is 0 Å². The zero-order valence-corrected chi connectivity index (χ0v) is 10.3. The number of benzene rings is 1. The second-order valence-electron chi connectivity index (χ2n) is 3.27. The van der Waals surface area contributed by atoms with E-state index in [4.69, 9.17) is 34.3 Å². The van der Waals surface area contributed by atoms with Gasteiger partial charge >= 0.3 is 0 Å². The molecule has 0 radical (unpaired) electrons. The summed E-state index contributed by atoms with van der Waals surface area (Å²) in [7, 11) is 0. The summed E-state index contributed by atoms with van der Waals surface area (Å²) in [5, 5.41) is 0.651. The molecule has 0 spiro atoms. The molecule has 0 atom stereocenters. The fraction of sp³-hybridized carbons (Fsp3) is 0. The highest BCUT2D eigenvalue weighted by Gasteiger charge is 2.07. The summed E-state index contributed by atoms with van der Waals surface area (Å²) in [6, 6.07) is 10.5. The Morgan fingerprint density at radius 2 is 1.94 bits per heavy atom. The topological polar surface area (TPSA) is 48.1 Å². The van der Waals surface area contributed by atoms with Crippen LogP contribution in [-0.2, 0) is 0 Å². The fourth-order valence-corrected chi connectivity index (χ4v) is 1.57. The normalized spacial score (nSPS) is 9.94. The Kier molecular flexibility index (Phi) is 3.56. The van der Waals surface area contributed by atoms with Gasteiger partial charge in [0, 0.05) is 11.2 Å². The Hall–Kier alpha value is -1.65. The van der Waals surface area contributed by atoms with Crippen molar-refractivity contribution in [3.05, 3.63) is 53.3 Å². The van der Waals surface area contributed by atoms with Gasteiger partial charge in [-0.25, -0.2) is 4.98 Å². The molecule has 86 valence electrons. The van der Waals surface area contributed by atoms with E-state index in [9.17, 15) is 0 Å². The summed E-state index contributed by atoms with van der Waals surface area (Å²) in [5.74, 6) is 1.18. The van der Waals surface area contributed by atoms with Crippen LogP contribution in [-0.4, -0.2) is 9.97 Å². The summed E-state index contributed by atoms with van der Waals surface area (Å²) in [5.41, 5.74) is 6.03. The van der Waals surface area contributed by atoms with E-state index in [0.717, 1.165) is 0 Å². The highest BCUT2D eigenvalue weighted by atomic mass is 35.5. The Morgan fingerprint density at radius 3 is 2.59 bits per heavy atom. The lowest BCUT2D eigenvalue weighted by Gasteiger charge is -2.08. The molecular formula is C12H9ClN2OS. The highest BCUT2D eigenvalue weighted by Crippen LogP contribution is 2.24. The van der Waals surface area contributed by atoms with Crippen molar-refractivity contribution in [1.29, 1.82) is 0 Å². The van der Waals surface area contributed by atoms with E-state index in [1.807, 2.05) is 0 Å². The van der Waals surface area contributed by atoms with Gasteiger partial charge in [-0.1, -0.05) is 23.8 Å². The summed E-state index contributed by atoms with van der Waals surface area (Å²) in [6.07, 6.45) is 1.61. The molecule has 0 aliphatic heterocycles. The van der Waals surface area contributed by atoms with Crippen molar-refractivity contribution >= 4 is 28.8 Å². The molecule has 0 amide bonds. The standard InChI is InChI=1S/C12H9ClN2OS/c13-8-3-5-9(6-4-8)16-10-2-1-7-15-11(10)12(14)17/h1-7H,(H2,14,17). The Morgan fingerprint density at radius 1 is 1.24 bits per heavy atom. The van der Waals surface area contributed by atoms with Crippen molar-refractivity contribution < 1.29 is 4.74 Å². The lowest BCUT2D eigenvalue weighted by atomic mass is 10.3. The molecule has 0 unspecified atom stereocenters. The van der Waals surface area contributed by atoms with Gasteiger partial charge in [-0.05, 0) is 36.4 Å². The Bertz CT molecular complexity index is 542. The maximum absolute atomic E-state index is 5.79. The summed E-state index contributed by atoms with van der Waals surface area (Å²) in [6.45, 7) is 0. The van der Waals surface area contributed by atoms with Gasteiger partial charge in [-0.15, -0.1) is 0 Å². The van der Waals surface area contributed by atoms with Crippen LogP contribution in [0.5, 0.6) is 11.5 Å². The van der Waals surface area contributed by atoms with E-state index in [1.54, 1.807) is 42.6 Å². The average molecular weight is 265 g/mol. The van der Waals surface area contributed by atoms with Crippen LogP contribution < -0.4 is 10.5 Å². The number of nitrogens with zero attached hydrogens (tertiary/aromatic N) is 1. The van der Waals surface area contributed by atoms with Crippen LogP contribution in [0.1, 0.15) is 5.69 Å². The predicted octanol–water partition coefficient (Wildman–Crippen LogP) is 3.16. The molecule has 0 aliphatic rings. The second-order valence-corrected chi connectivity index (χ2v) is 4.15. The molecule has 0 saturated heterocycles. The first-order valence-corrected chi connectivity index (χ1v) is 5.63. The third-order valence-corrected chi connectivity index (χ3v) is 2.49. The van der Waals surface area contributed by atoms with E-state index in [0.29, 0.717) is 22.2 Å². The molecule has 0 aliphatic carbocycles. The third-order valence-electron chi connectivity index (χ3n) is 2.05. The monoisotopic (exact) mass is 264 g/mol.